The molecule has 0 aliphatic heterocycles. The molecule has 0 bridgehead atoms. The van der Waals surface area contributed by atoms with Crippen molar-refractivity contribution in [2.75, 3.05) is 12.4 Å². The van der Waals surface area contributed by atoms with Gasteiger partial charge < -0.3 is 10.1 Å². The fraction of sp³-hybridized carbons (Fsp3) is 0.0870. The second-order valence-electron chi connectivity index (χ2n) is 6.81. The monoisotopic (exact) mass is 452 g/mol. The van der Waals surface area contributed by atoms with Crippen LogP contribution in [0.4, 0.5) is 5.69 Å². The predicted octanol–water partition coefficient (Wildman–Crippen LogP) is 5.81. The fourth-order valence-corrected chi connectivity index (χ4v) is 3.43. The molecule has 0 aliphatic carbocycles. The Hall–Kier alpha value is -3.35. The van der Waals surface area contributed by atoms with E-state index in [4.69, 9.17) is 27.9 Å². The molecule has 4 aromatic rings. The number of nitrogens with one attached hydrogen (secondary N) is 1. The topological polar surface area (TPSA) is 69.0 Å². The molecule has 156 valence electrons. The summed E-state index contributed by atoms with van der Waals surface area (Å²) in [6.45, 7) is 2.01. The molecule has 8 heteroatoms. The summed E-state index contributed by atoms with van der Waals surface area (Å²) in [4.78, 5) is 17.4. The Morgan fingerprint density at radius 2 is 1.71 bits per heavy atom. The first-order chi connectivity index (χ1) is 14.9. The second kappa shape index (κ2) is 8.79. The number of halogens is 2. The molecule has 31 heavy (non-hydrogen) atoms. The SMILES string of the molecule is COc1ccc(-n2nc(C(=O)Nc3ccc(Cl)cc3Cl)nc2-c2ccc(C)cc2)cc1. The Kier molecular flexibility index (Phi) is 5.93. The lowest BCUT2D eigenvalue weighted by molar-refractivity contribution is 0.101. The van der Waals surface area contributed by atoms with Crippen molar-refractivity contribution >= 4 is 34.8 Å². The van der Waals surface area contributed by atoms with E-state index in [1.54, 1.807) is 30.0 Å². The zero-order valence-electron chi connectivity index (χ0n) is 16.8. The number of aromatic nitrogens is 3. The van der Waals surface area contributed by atoms with Crippen molar-refractivity contribution in [2.45, 2.75) is 6.92 Å². The van der Waals surface area contributed by atoms with Crippen LogP contribution in [-0.2, 0) is 0 Å². The third kappa shape index (κ3) is 4.55. The van der Waals surface area contributed by atoms with Crippen molar-refractivity contribution in [1.82, 2.24) is 14.8 Å². The van der Waals surface area contributed by atoms with Crippen LogP contribution in [-0.4, -0.2) is 27.8 Å². The van der Waals surface area contributed by atoms with Gasteiger partial charge in [0.15, 0.2) is 5.82 Å². The third-order valence-corrected chi connectivity index (χ3v) is 5.16. The summed E-state index contributed by atoms with van der Waals surface area (Å²) in [5.74, 6) is 0.788. The van der Waals surface area contributed by atoms with Gasteiger partial charge in [0.1, 0.15) is 5.75 Å². The van der Waals surface area contributed by atoms with Crippen LogP contribution in [0.5, 0.6) is 5.75 Å². The van der Waals surface area contributed by atoms with Gasteiger partial charge in [0.25, 0.3) is 5.91 Å². The molecule has 1 amide bonds. The second-order valence-corrected chi connectivity index (χ2v) is 7.66. The Labute approximate surface area is 189 Å². The number of nitrogens with zero attached hydrogens (tertiary/aromatic N) is 3. The van der Waals surface area contributed by atoms with Crippen LogP contribution in [0.15, 0.2) is 66.7 Å². The van der Waals surface area contributed by atoms with Crippen LogP contribution in [0.25, 0.3) is 17.1 Å². The lowest BCUT2D eigenvalue weighted by Crippen LogP contribution is -2.14. The zero-order chi connectivity index (χ0) is 22.0. The number of carbonyl (C=O) groups excluding carboxylic acids is 1. The Morgan fingerprint density at radius 3 is 2.35 bits per heavy atom. The maximum atomic E-state index is 12.9. The van der Waals surface area contributed by atoms with E-state index in [1.165, 1.54) is 0 Å². The van der Waals surface area contributed by atoms with E-state index < -0.39 is 5.91 Å². The normalized spacial score (nSPS) is 10.7. The molecule has 0 saturated heterocycles. The quantitative estimate of drug-likeness (QED) is 0.414. The van der Waals surface area contributed by atoms with Crippen LogP contribution in [0.1, 0.15) is 16.2 Å². The molecule has 1 heterocycles. The van der Waals surface area contributed by atoms with E-state index in [0.29, 0.717) is 21.6 Å². The van der Waals surface area contributed by atoms with Gasteiger partial charge in [-0.05, 0) is 49.4 Å². The van der Waals surface area contributed by atoms with Gasteiger partial charge in [-0.3, -0.25) is 4.79 Å². The molecular weight excluding hydrogens is 435 g/mol. The number of rotatable bonds is 5. The number of carbonyl (C=O) groups is 1. The molecule has 0 spiro atoms. The Balaban J connectivity index is 1.74. The number of methoxy groups -OCH3 is 1. The Morgan fingerprint density at radius 1 is 1.00 bits per heavy atom. The van der Waals surface area contributed by atoms with Gasteiger partial charge in [-0.2, -0.15) is 0 Å². The van der Waals surface area contributed by atoms with Crippen molar-refractivity contribution < 1.29 is 9.53 Å². The van der Waals surface area contributed by atoms with Crippen LogP contribution < -0.4 is 10.1 Å². The van der Waals surface area contributed by atoms with Gasteiger partial charge in [-0.15, -0.1) is 5.10 Å². The summed E-state index contributed by atoms with van der Waals surface area (Å²) in [5, 5.41) is 8.00. The molecular formula is C23H18Cl2N4O2. The minimum absolute atomic E-state index is 0.0115. The van der Waals surface area contributed by atoms with E-state index in [9.17, 15) is 4.79 Å². The standard InChI is InChI=1S/C23H18Cl2N4O2/c1-14-3-5-15(6-4-14)22-27-21(23(30)26-20-12-7-16(24)13-19(20)25)28-29(22)17-8-10-18(31-2)11-9-17/h3-13H,1-2H3,(H,26,30). The highest BCUT2D eigenvalue weighted by atomic mass is 35.5. The van der Waals surface area contributed by atoms with Crippen LogP contribution >= 0.6 is 23.2 Å². The summed E-state index contributed by atoms with van der Waals surface area (Å²) in [7, 11) is 1.60. The van der Waals surface area contributed by atoms with Gasteiger partial charge in [-0.1, -0.05) is 53.0 Å². The van der Waals surface area contributed by atoms with Crippen molar-refractivity contribution in [3.8, 4) is 22.8 Å². The fourth-order valence-electron chi connectivity index (χ4n) is 2.97. The van der Waals surface area contributed by atoms with E-state index in [1.807, 2.05) is 55.5 Å². The van der Waals surface area contributed by atoms with Gasteiger partial charge in [0.05, 0.1) is 23.5 Å². The summed E-state index contributed by atoms with van der Waals surface area (Å²) >= 11 is 12.1. The van der Waals surface area contributed by atoms with E-state index >= 15 is 0 Å². The molecule has 0 radical (unpaired) electrons. The highest BCUT2D eigenvalue weighted by molar-refractivity contribution is 6.36. The maximum absolute atomic E-state index is 12.9. The molecule has 0 atom stereocenters. The van der Waals surface area contributed by atoms with Crippen molar-refractivity contribution in [3.63, 3.8) is 0 Å². The minimum atomic E-state index is -0.482. The molecule has 1 N–H and O–H groups in total. The number of hydrogen-bond donors (Lipinski definition) is 1. The highest BCUT2D eigenvalue weighted by Crippen LogP contribution is 2.27. The van der Waals surface area contributed by atoms with Gasteiger partial charge in [-0.25, -0.2) is 9.67 Å². The maximum Gasteiger partial charge on any atom is 0.295 e. The first-order valence-corrected chi connectivity index (χ1v) is 10.1. The van der Waals surface area contributed by atoms with E-state index in [2.05, 4.69) is 15.4 Å². The molecule has 0 fully saturated rings. The smallest absolute Gasteiger partial charge is 0.295 e. The predicted molar refractivity (Wildman–Crippen MR) is 122 cm³/mol. The zero-order valence-corrected chi connectivity index (χ0v) is 18.3. The van der Waals surface area contributed by atoms with Crippen LogP contribution in [0, 0.1) is 6.92 Å². The summed E-state index contributed by atoms with van der Waals surface area (Å²) in [5.41, 5.74) is 3.12. The third-order valence-electron chi connectivity index (χ3n) is 4.62. The average molecular weight is 453 g/mol. The minimum Gasteiger partial charge on any atom is -0.497 e. The number of benzene rings is 3. The molecule has 0 saturated carbocycles. The van der Waals surface area contributed by atoms with Gasteiger partial charge >= 0.3 is 0 Å². The number of anilines is 1. The lowest BCUT2D eigenvalue weighted by atomic mass is 10.1. The molecule has 1 aromatic heterocycles. The number of hydrogen-bond acceptors (Lipinski definition) is 4. The largest absolute Gasteiger partial charge is 0.497 e. The van der Waals surface area contributed by atoms with E-state index in [-0.39, 0.29) is 5.82 Å². The summed E-state index contributed by atoms with van der Waals surface area (Å²) in [6.07, 6.45) is 0. The number of ether oxygens (including phenoxy) is 1. The first-order valence-electron chi connectivity index (χ1n) is 9.39. The molecule has 0 aliphatic rings. The number of amides is 1. The summed E-state index contributed by atoms with van der Waals surface area (Å²) in [6, 6.07) is 20.0. The van der Waals surface area contributed by atoms with E-state index in [0.717, 1.165) is 22.6 Å². The molecule has 3 aromatic carbocycles. The highest BCUT2D eigenvalue weighted by Gasteiger charge is 2.20. The lowest BCUT2D eigenvalue weighted by Gasteiger charge is -2.07. The van der Waals surface area contributed by atoms with Crippen molar-refractivity contribution in [2.24, 2.45) is 0 Å². The van der Waals surface area contributed by atoms with Crippen molar-refractivity contribution in [1.29, 1.82) is 0 Å². The van der Waals surface area contributed by atoms with Crippen LogP contribution in [0.2, 0.25) is 10.0 Å². The average Bonchev–Trinajstić information content (AvgIpc) is 3.22. The van der Waals surface area contributed by atoms with Gasteiger partial charge in [0.2, 0.25) is 5.82 Å². The number of aryl methyl sites for hydroxylation is 1. The molecule has 4 rings (SSSR count). The molecule has 6 nitrogen and oxygen atoms in total. The van der Waals surface area contributed by atoms with Gasteiger partial charge in [0, 0.05) is 10.6 Å². The van der Waals surface area contributed by atoms with Crippen LogP contribution in [0.3, 0.4) is 0 Å². The molecule has 0 unspecified atom stereocenters. The Bertz CT molecular complexity index is 1240. The van der Waals surface area contributed by atoms with Crippen molar-refractivity contribution in [3.05, 3.63) is 88.2 Å². The summed E-state index contributed by atoms with van der Waals surface area (Å²) < 4.78 is 6.86. The first kappa shape index (κ1) is 20.9.